The molecule has 0 unspecified atom stereocenters. The van der Waals surface area contributed by atoms with Gasteiger partial charge in [-0.3, -0.25) is 0 Å². The van der Waals surface area contributed by atoms with Crippen molar-refractivity contribution in [2.45, 2.75) is 0 Å². The van der Waals surface area contributed by atoms with Crippen LogP contribution in [0.15, 0.2) is 376 Å². The maximum Gasteiger partial charge on any atom is 0.252 e. The van der Waals surface area contributed by atoms with Crippen LogP contribution >= 0.6 is 0 Å². The summed E-state index contributed by atoms with van der Waals surface area (Å²) in [7, 11) is 0. The molecule has 0 radical (unpaired) electrons. The third kappa shape index (κ3) is 9.14. The zero-order chi connectivity index (χ0) is 65.8. The number of benzene rings is 16. The molecular formula is C92H62B2N6. The second-order valence-electron chi connectivity index (χ2n) is 26.4. The molecule has 16 aromatic rings. The van der Waals surface area contributed by atoms with E-state index in [0.717, 1.165) is 95.8 Å². The van der Waals surface area contributed by atoms with Gasteiger partial charge in [-0.15, -0.1) is 0 Å². The molecular weight excluding hydrogens is 1210 g/mol. The number of nitrogens with zero attached hydrogens (tertiary/aromatic N) is 6. The van der Waals surface area contributed by atoms with Gasteiger partial charge in [0.25, 0.3) is 13.4 Å². The second-order valence-corrected chi connectivity index (χ2v) is 26.4. The Balaban J connectivity index is 0.732. The fourth-order valence-corrected chi connectivity index (χ4v) is 16.7. The standard InChI is InChI=1S/C92H62B2N6/c1-6-30-68(31-7-1)95(69-32-8-2-9-33-69)75-53-57-81-90(62-75)100(88-49-25-47-86-92(88)94(81)79-42-19-21-44-84(79)98(86)72-38-14-5-15-39-72)82-45-23-29-67-58-66(51-55-77(67)82)65-28-22-40-73(60-65)96(70-34-10-3-11-35-70)76-54-56-80-89(61-76)99(74-52-50-63-26-16-17-27-64(63)59-74)87-48-24-46-85-91(87)93(80)78-41-18-20-43-83(78)97(85)71-36-12-4-13-37-71/h1-62H. The maximum atomic E-state index is 2.56. The normalized spacial score (nSPS) is 12.9. The van der Waals surface area contributed by atoms with E-state index in [1.54, 1.807) is 0 Å². The Morgan fingerprint density at radius 1 is 0.190 bits per heavy atom. The molecule has 4 heterocycles. The average Bonchev–Trinajstić information content (AvgIpc) is 0.706. The molecule has 8 heteroatoms. The third-order valence-corrected chi connectivity index (χ3v) is 20.9. The van der Waals surface area contributed by atoms with Crippen molar-refractivity contribution in [3.63, 3.8) is 0 Å². The van der Waals surface area contributed by atoms with E-state index in [2.05, 4.69) is 406 Å². The number of hydrogen-bond acceptors (Lipinski definition) is 6. The van der Waals surface area contributed by atoms with Crippen molar-refractivity contribution in [1.29, 1.82) is 0 Å². The number of anilines is 18. The maximum absolute atomic E-state index is 2.56. The van der Waals surface area contributed by atoms with Crippen molar-refractivity contribution in [3.8, 4) is 11.1 Å². The van der Waals surface area contributed by atoms with Crippen LogP contribution in [0.4, 0.5) is 102 Å². The molecule has 4 aliphatic heterocycles. The molecule has 0 fully saturated rings. The van der Waals surface area contributed by atoms with E-state index >= 15 is 0 Å². The minimum atomic E-state index is -0.0281. The smallest absolute Gasteiger partial charge is 0.252 e. The van der Waals surface area contributed by atoms with E-state index in [0.29, 0.717) is 0 Å². The highest BCUT2D eigenvalue weighted by molar-refractivity contribution is 7.01. The van der Waals surface area contributed by atoms with Gasteiger partial charge in [-0.25, -0.2) is 0 Å². The molecule has 20 rings (SSSR count). The fourth-order valence-electron chi connectivity index (χ4n) is 16.7. The molecule has 100 heavy (non-hydrogen) atoms. The van der Waals surface area contributed by atoms with Gasteiger partial charge in [0.05, 0.1) is 5.69 Å². The Hall–Kier alpha value is -13.0. The Kier molecular flexibility index (Phi) is 13.4. The molecule has 0 spiro atoms. The summed E-state index contributed by atoms with van der Waals surface area (Å²) in [5, 5.41) is 4.72. The first-order chi connectivity index (χ1) is 49.6. The molecule has 6 nitrogen and oxygen atoms in total. The fraction of sp³-hybridized carbons (Fsp3) is 0. The first-order valence-electron chi connectivity index (χ1n) is 34.5. The van der Waals surface area contributed by atoms with Gasteiger partial charge in [0.15, 0.2) is 0 Å². The van der Waals surface area contributed by atoms with Crippen LogP contribution in [0.25, 0.3) is 32.7 Å². The molecule has 16 aromatic carbocycles. The van der Waals surface area contributed by atoms with Gasteiger partial charge in [0.2, 0.25) is 0 Å². The quantitative estimate of drug-likeness (QED) is 0.119. The van der Waals surface area contributed by atoms with Crippen molar-refractivity contribution in [3.05, 3.63) is 376 Å². The van der Waals surface area contributed by atoms with Gasteiger partial charge in [-0.1, -0.05) is 218 Å². The molecule has 0 saturated carbocycles. The lowest BCUT2D eigenvalue weighted by molar-refractivity contribution is 1.24. The molecule has 0 aliphatic carbocycles. The van der Waals surface area contributed by atoms with Crippen LogP contribution in [0.1, 0.15) is 0 Å². The molecule has 0 aromatic heterocycles. The van der Waals surface area contributed by atoms with Gasteiger partial charge < -0.3 is 29.4 Å². The van der Waals surface area contributed by atoms with Crippen LogP contribution in [0.2, 0.25) is 0 Å². The molecule has 4 aliphatic rings. The summed E-state index contributed by atoms with van der Waals surface area (Å²) in [6.45, 7) is -0.0472. The van der Waals surface area contributed by atoms with Crippen LogP contribution in [0.5, 0.6) is 0 Å². The Bertz CT molecular complexity index is 5840. The van der Waals surface area contributed by atoms with E-state index in [4.69, 9.17) is 0 Å². The third-order valence-electron chi connectivity index (χ3n) is 20.9. The van der Waals surface area contributed by atoms with Gasteiger partial charge in [0.1, 0.15) is 0 Å². The van der Waals surface area contributed by atoms with E-state index in [-0.39, 0.29) is 13.4 Å². The van der Waals surface area contributed by atoms with E-state index in [1.165, 1.54) is 72.0 Å². The van der Waals surface area contributed by atoms with Crippen molar-refractivity contribution >= 4 is 170 Å². The van der Waals surface area contributed by atoms with Crippen LogP contribution < -0.4 is 62.2 Å². The topological polar surface area (TPSA) is 19.4 Å². The predicted molar refractivity (Wildman–Crippen MR) is 424 cm³/mol. The van der Waals surface area contributed by atoms with E-state index in [1.807, 2.05) is 0 Å². The Morgan fingerprint density at radius 2 is 0.570 bits per heavy atom. The average molecular weight is 1270 g/mol. The highest BCUT2D eigenvalue weighted by Crippen LogP contribution is 2.50. The lowest BCUT2D eigenvalue weighted by Crippen LogP contribution is -2.61. The molecule has 0 atom stereocenters. The molecule has 0 N–H and O–H groups in total. The van der Waals surface area contributed by atoms with E-state index in [9.17, 15) is 0 Å². The van der Waals surface area contributed by atoms with Crippen LogP contribution in [0, 0.1) is 0 Å². The van der Waals surface area contributed by atoms with Gasteiger partial charge in [-0.2, -0.15) is 0 Å². The minimum Gasteiger partial charge on any atom is -0.311 e. The van der Waals surface area contributed by atoms with Crippen molar-refractivity contribution in [2.75, 3.05) is 29.4 Å². The molecule has 0 saturated heterocycles. The van der Waals surface area contributed by atoms with Crippen LogP contribution in [-0.4, -0.2) is 13.4 Å². The molecule has 0 amide bonds. The summed E-state index contributed by atoms with van der Waals surface area (Å²) in [6.07, 6.45) is 0. The number of fused-ring (bicyclic) bond motifs is 10. The number of para-hydroxylation sites is 7. The SMILES string of the molecule is c1ccc(N(c2cccc(-c3ccc4c(N5c6cc(N(c7ccccc7)c7ccccc7)ccc6B6c7ccccc7N(c7ccccc7)c7cccc5c76)cccc4c3)c2)c2ccc3c(c2)N(c2ccc4ccccc4c2)c2cccc4c2B3c2ccccc2N4c2ccccc2)cc1. The highest BCUT2D eigenvalue weighted by Gasteiger charge is 2.45. The zero-order valence-electron chi connectivity index (χ0n) is 54.6. The summed E-state index contributed by atoms with van der Waals surface area (Å²) < 4.78 is 0. The second kappa shape index (κ2) is 23.4. The number of hydrogen-bond donors (Lipinski definition) is 0. The Morgan fingerprint density at radius 3 is 1.13 bits per heavy atom. The van der Waals surface area contributed by atoms with E-state index < -0.39 is 0 Å². The number of rotatable bonds is 11. The lowest BCUT2D eigenvalue weighted by atomic mass is 9.33. The van der Waals surface area contributed by atoms with Gasteiger partial charge in [-0.05, 0) is 218 Å². The first-order valence-corrected chi connectivity index (χ1v) is 34.5. The molecule has 466 valence electrons. The zero-order valence-corrected chi connectivity index (χ0v) is 54.6. The highest BCUT2D eigenvalue weighted by atomic mass is 15.2. The first kappa shape index (κ1) is 57.2. The van der Waals surface area contributed by atoms with Crippen LogP contribution in [0.3, 0.4) is 0 Å². The summed E-state index contributed by atoms with van der Waals surface area (Å²) in [6, 6.07) is 139. The van der Waals surface area contributed by atoms with Crippen LogP contribution in [-0.2, 0) is 0 Å². The summed E-state index contributed by atoms with van der Waals surface area (Å²) >= 11 is 0. The summed E-state index contributed by atoms with van der Waals surface area (Å²) in [5.74, 6) is 0. The summed E-state index contributed by atoms with van der Waals surface area (Å²) in [5.41, 5.74) is 30.3. The van der Waals surface area contributed by atoms with Crippen molar-refractivity contribution < 1.29 is 0 Å². The van der Waals surface area contributed by atoms with Crippen molar-refractivity contribution in [2.24, 2.45) is 0 Å². The molecule has 0 bridgehead atoms. The largest absolute Gasteiger partial charge is 0.311 e. The Labute approximate surface area is 583 Å². The van der Waals surface area contributed by atoms with Crippen molar-refractivity contribution in [1.82, 2.24) is 0 Å². The van der Waals surface area contributed by atoms with Gasteiger partial charge in [0, 0.05) is 102 Å². The minimum absolute atomic E-state index is 0.0192. The van der Waals surface area contributed by atoms with Gasteiger partial charge >= 0.3 is 0 Å². The predicted octanol–water partition coefficient (Wildman–Crippen LogP) is 20.8. The monoisotopic (exact) mass is 1270 g/mol. The lowest BCUT2D eigenvalue weighted by Gasteiger charge is -2.44. The summed E-state index contributed by atoms with van der Waals surface area (Å²) in [4.78, 5) is 14.8.